The third-order valence-electron chi connectivity index (χ3n) is 1.97. The third-order valence-corrected chi connectivity index (χ3v) is 1.97. The summed E-state index contributed by atoms with van der Waals surface area (Å²) < 4.78 is 13.3. The van der Waals surface area contributed by atoms with E-state index in [1.54, 1.807) is 26.8 Å². The smallest absolute Gasteiger partial charge is 0.229 e. The van der Waals surface area contributed by atoms with Crippen molar-refractivity contribution in [3.8, 4) is 0 Å². The minimum absolute atomic E-state index is 0.0532. The molecule has 0 heterocycles. The number of anilines is 2. The lowest BCUT2D eigenvalue weighted by Crippen LogP contribution is -2.28. The van der Waals surface area contributed by atoms with Gasteiger partial charge in [0.05, 0.1) is 5.69 Å². The lowest BCUT2D eigenvalue weighted by Gasteiger charge is -2.18. The van der Waals surface area contributed by atoms with Crippen LogP contribution in [0.3, 0.4) is 0 Å². The van der Waals surface area contributed by atoms with Gasteiger partial charge in [0.2, 0.25) is 5.91 Å². The van der Waals surface area contributed by atoms with Crippen molar-refractivity contribution in [2.24, 2.45) is 5.41 Å². The van der Waals surface area contributed by atoms with E-state index in [1.807, 2.05) is 0 Å². The topological polar surface area (TPSA) is 55.1 Å². The van der Waals surface area contributed by atoms with Gasteiger partial charge in [-0.05, 0) is 12.1 Å². The molecular weight excluding hydrogens is 195 g/mol. The molecule has 0 saturated carbocycles. The first kappa shape index (κ1) is 11.5. The number of carbonyl (C=O) groups is 1. The first-order valence-corrected chi connectivity index (χ1v) is 4.68. The van der Waals surface area contributed by atoms with Crippen molar-refractivity contribution < 1.29 is 9.18 Å². The van der Waals surface area contributed by atoms with Crippen LogP contribution in [0.5, 0.6) is 0 Å². The van der Waals surface area contributed by atoms with Crippen LogP contribution in [-0.4, -0.2) is 5.91 Å². The average Bonchev–Trinajstić information content (AvgIpc) is 2.09. The molecule has 0 aliphatic carbocycles. The summed E-state index contributed by atoms with van der Waals surface area (Å²) in [6, 6.07) is 4.30. The van der Waals surface area contributed by atoms with Gasteiger partial charge in [-0.25, -0.2) is 4.39 Å². The summed E-state index contributed by atoms with van der Waals surface area (Å²) in [5.74, 6) is -0.785. The van der Waals surface area contributed by atoms with Crippen LogP contribution < -0.4 is 11.1 Å². The fraction of sp³-hybridized carbons (Fsp3) is 0.364. The van der Waals surface area contributed by atoms with E-state index in [1.165, 1.54) is 12.1 Å². The van der Waals surface area contributed by atoms with Crippen molar-refractivity contribution in [3.05, 3.63) is 24.0 Å². The molecule has 1 amide bonds. The molecule has 15 heavy (non-hydrogen) atoms. The molecule has 0 aromatic heterocycles. The van der Waals surface area contributed by atoms with Crippen molar-refractivity contribution >= 4 is 17.3 Å². The normalized spacial score (nSPS) is 11.2. The Labute approximate surface area is 88.5 Å². The van der Waals surface area contributed by atoms with Crippen LogP contribution >= 0.6 is 0 Å². The maximum Gasteiger partial charge on any atom is 0.229 e. The fourth-order valence-electron chi connectivity index (χ4n) is 0.974. The highest BCUT2D eigenvalue weighted by molar-refractivity contribution is 5.97. The van der Waals surface area contributed by atoms with E-state index in [0.717, 1.165) is 0 Å². The first-order valence-electron chi connectivity index (χ1n) is 4.68. The zero-order chi connectivity index (χ0) is 11.6. The van der Waals surface area contributed by atoms with Crippen LogP contribution in [0.4, 0.5) is 15.8 Å². The van der Waals surface area contributed by atoms with Gasteiger partial charge < -0.3 is 11.1 Å². The number of hydrogen-bond acceptors (Lipinski definition) is 2. The summed E-state index contributed by atoms with van der Waals surface area (Å²) in [7, 11) is 0. The minimum Gasteiger partial charge on any atom is -0.397 e. The second kappa shape index (κ2) is 3.88. The zero-order valence-electron chi connectivity index (χ0n) is 9.10. The first-order chi connectivity index (χ1) is 6.82. The number of carbonyl (C=O) groups excluding carboxylic acids is 1. The molecule has 1 rings (SSSR count). The van der Waals surface area contributed by atoms with Crippen LogP contribution in [0.1, 0.15) is 20.8 Å². The van der Waals surface area contributed by atoms with E-state index in [0.29, 0.717) is 0 Å². The lowest BCUT2D eigenvalue weighted by molar-refractivity contribution is -0.123. The molecule has 1 aromatic rings. The van der Waals surface area contributed by atoms with E-state index in [9.17, 15) is 9.18 Å². The number of benzene rings is 1. The minimum atomic E-state index is -0.575. The van der Waals surface area contributed by atoms with Gasteiger partial charge in [0, 0.05) is 5.41 Å². The maximum atomic E-state index is 13.3. The molecule has 0 unspecified atom stereocenters. The highest BCUT2D eigenvalue weighted by Gasteiger charge is 2.22. The molecule has 0 atom stereocenters. The molecule has 0 saturated heterocycles. The van der Waals surface area contributed by atoms with Crippen molar-refractivity contribution in [3.63, 3.8) is 0 Å². The van der Waals surface area contributed by atoms with Crippen LogP contribution in [0.15, 0.2) is 18.2 Å². The standard InChI is InChI=1S/C11H15FN2O/c1-11(2,3)10(15)14-9-7(12)5-4-6-8(9)13/h4-6H,13H2,1-3H3,(H,14,15). The quantitative estimate of drug-likeness (QED) is 0.699. The molecule has 3 N–H and O–H groups in total. The largest absolute Gasteiger partial charge is 0.397 e. The average molecular weight is 210 g/mol. The maximum absolute atomic E-state index is 13.3. The number of para-hydroxylation sites is 1. The summed E-state index contributed by atoms with van der Waals surface area (Å²) in [5, 5.41) is 2.48. The van der Waals surface area contributed by atoms with E-state index in [2.05, 4.69) is 5.32 Å². The van der Waals surface area contributed by atoms with Gasteiger partial charge >= 0.3 is 0 Å². The summed E-state index contributed by atoms with van der Waals surface area (Å²) in [6.45, 7) is 5.25. The third kappa shape index (κ3) is 2.68. The Morgan fingerprint density at radius 1 is 1.40 bits per heavy atom. The van der Waals surface area contributed by atoms with Gasteiger partial charge in [-0.2, -0.15) is 0 Å². The molecule has 82 valence electrons. The Balaban J connectivity index is 2.95. The van der Waals surface area contributed by atoms with E-state index in [4.69, 9.17) is 5.73 Å². The lowest BCUT2D eigenvalue weighted by atomic mass is 9.95. The Bertz CT molecular complexity index is 362. The van der Waals surface area contributed by atoms with Gasteiger partial charge in [-0.15, -0.1) is 0 Å². The van der Waals surface area contributed by atoms with E-state index >= 15 is 0 Å². The zero-order valence-corrected chi connectivity index (χ0v) is 9.10. The van der Waals surface area contributed by atoms with Gasteiger partial charge in [-0.3, -0.25) is 4.79 Å². The summed E-state index contributed by atoms with van der Waals surface area (Å²) >= 11 is 0. The Morgan fingerprint density at radius 3 is 2.47 bits per heavy atom. The fourth-order valence-corrected chi connectivity index (χ4v) is 0.974. The van der Waals surface area contributed by atoms with Crippen molar-refractivity contribution in [1.82, 2.24) is 0 Å². The monoisotopic (exact) mass is 210 g/mol. The van der Waals surface area contributed by atoms with Crippen molar-refractivity contribution in [2.75, 3.05) is 11.1 Å². The summed E-state index contributed by atoms with van der Waals surface area (Å²) in [4.78, 5) is 11.6. The second-order valence-corrected chi connectivity index (χ2v) is 4.41. The van der Waals surface area contributed by atoms with E-state index < -0.39 is 11.2 Å². The van der Waals surface area contributed by atoms with Crippen LogP contribution in [0, 0.1) is 11.2 Å². The van der Waals surface area contributed by atoms with Gasteiger partial charge in [0.25, 0.3) is 0 Å². The number of nitrogens with one attached hydrogen (secondary N) is 1. The molecule has 1 aromatic carbocycles. The summed E-state index contributed by atoms with van der Waals surface area (Å²) in [6.07, 6.45) is 0. The molecule has 4 heteroatoms. The van der Waals surface area contributed by atoms with E-state index in [-0.39, 0.29) is 17.3 Å². The Morgan fingerprint density at radius 2 is 2.00 bits per heavy atom. The van der Waals surface area contributed by atoms with Crippen LogP contribution in [0.2, 0.25) is 0 Å². The molecule has 0 radical (unpaired) electrons. The predicted octanol–water partition coefficient (Wildman–Crippen LogP) is 2.39. The molecular formula is C11H15FN2O. The summed E-state index contributed by atoms with van der Waals surface area (Å²) in [5.41, 5.74) is 5.27. The molecule has 0 fully saturated rings. The molecule has 0 aliphatic heterocycles. The number of hydrogen-bond donors (Lipinski definition) is 2. The predicted molar refractivity (Wildman–Crippen MR) is 58.9 cm³/mol. The SMILES string of the molecule is CC(C)(C)C(=O)Nc1c(N)cccc1F. The van der Waals surface area contributed by atoms with Crippen LogP contribution in [0.25, 0.3) is 0 Å². The van der Waals surface area contributed by atoms with Gasteiger partial charge in [0.1, 0.15) is 11.5 Å². The number of nitrogens with two attached hydrogens (primary N) is 1. The molecule has 3 nitrogen and oxygen atoms in total. The van der Waals surface area contributed by atoms with Crippen molar-refractivity contribution in [1.29, 1.82) is 0 Å². The van der Waals surface area contributed by atoms with Gasteiger partial charge in [0.15, 0.2) is 0 Å². The molecule has 0 aliphatic rings. The number of amides is 1. The number of rotatable bonds is 1. The highest BCUT2D eigenvalue weighted by Crippen LogP contribution is 2.24. The van der Waals surface area contributed by atoms with Gasteiger partial charge in [-0.1, -0.05) is 26.8 Å². The number of halogens is 1. The Hall–Kier alpha value is -1.58. The molecule has 0 spiro atoms. The number of nitrogen functional groups attached to an aromatic ring is 1. The molecule has 0 bridgehead atoms. The Kier molecular flexibility index (Phi) is 2.98. The second-order valence-electron chi connectivity index (χ2n) is 4.41. The highest BCUT2D eigenvalue weighted by atomic mass is 19.1. The van der Waals surface area contributed by atoms with Crippen LogP contribution in [-0.2, 0) is 4.79 Å². The van der Waals surface area contributed by atoms with Crippen molar-refractivity contribution in [2.45, 2.75) is 20.8 Å².